The van der Waals surface area contributed by atoms with Crippen molar-refractivity contribution in [2.24, 2.45) is 0 Å². The SMILES string of the molecule is CC(C)(C(=O)NCCc1cccc(Cl)c1)c1ccc2c(c1)OCO2. The molecule has 24 heavy (non-hydrogen) atoms. The molecule has 0 fully saturated rings. The minimum Gasteiger partial charge on any atom is -0.454 e. The van der Waals surface area contributed by atoms with Gasteiger partial charge >= 0.3 is 0 Å². The van der Waals surface area contributed by atoms with Crippen LogP contribution in [0.4, 0.5) is 0 Å². The van der Waals surface area contributed by atoms with Crippen molar-refractivity contribution in [1.29, 1.82) is 0 Å². The summed E-state index contributed by atoms with van der Waals surface area (Å²) in [5.41, 5.74) is 1.34. The van der Waals surface area contributed by atoms with Crippen LogP contribution in [0, 0.1) is 0 Å². The molecular weight excluding hydrogens is 326 g/mol. The maximum atomic E-state index is 12.6. The molecular formula is C19H20ClNO3. The van der Waals surface area contributed by atoms with E-state index in [2.05, 4.69) is 5.32 Å². The average Bonchev–Trinajstić information content (AvgIpc) is 3.02. The van der Waals surface area contributed by atoms with Crippen molar-refractivity contribution < 1.29 is 14.3 Å². The third kappa shape index (κ3) is 3.49. The van der Waals surface area contributed by atoms with E-state index in [1.54, 1.807) is 0 Å². The number of carbonyl (C=O) groups is 1. The van der Waals surface area contributed by atoms with Crippen LogP contribution in [0.25, 0.3) is 0 Å². The van der Waals surface area contributed by atoms with Crippen LogP contribution in [0.5, 0.6) is 11.5 Å². The molecule has 2 aromatic rings. The fourth-order valence-electron chi connectivity index (χ4n) is 2.65. The molecule has 0 spiro atoms. The summed E-state index contributed by atoms with van der Waals surface area (Å²) in [5.74, 6) is 1.38. The second-order valence-electron chi connectivity index (χ2n) is 6.33. The summed E-state index contributed by atoms with van der Waals surface area (Å²) in [5, 5.41) is 3.71. The zero-order valence-corrected chi connectivity index (χ0v) is 14.5. The molecule has 5 heteroatoms. The van der Waals surface area contributed by atoms with Crippen molar-refractivity contribution in [2.45, 2.75) is 25.7 Å². The Hall–Kier alpha value is -2.20. The van der Waals surface area contributed by atoms with Gasteiger partial charge in [-0.1, -0.05) is 29.8 Å². The Kier molecular flexibility index (Phi) is 4.67. The highest BCUT2D eigenvalue weighted by Gasteiger charge is 2.31. The highest BCUT2D eigenvalue weighted by Crippen LogP contribution is 2.36. The van der Waals surface area contributed by atoms with Crippen LogP contribution in [0.2, 0.25) is 5.02 Å². The summed E-state index contributed by atoms with van der Waals surface area (Å²) in [6.07, 6.45) is 0.740. The number of rotatable bonds is 5. The fourth-order valence-corrected chi connectivity index (χ4v) is 2.86. The first-order chi connectivity index (χ1) is 11.5. The molecule has 1 N–H and O–H groups in total. The second-order valence-corrected chi connectivity index (χ2v) is 6.77. The van der Waals surface area contributed by atoms with Gasteiger partial charge in [-0.3, -0.25) is 4.79 Å². The molecule has 0 bridgehead atoms. The van der Waals surface area contributed by atoms with Gasteiger partial charge < -0.3 is 14.8 Å². The van der Waals surface area contributed by atoms with Crippen LogP contribution in [-0.2, 0) is 16.6 Å². The van der Waals surface area contributed by atoms with E-state index < -0.39 is 5.41 Å². The summed E-state index contributed by atoms with van der Waals surface area (Å²) >= 11 is 5.98. The second kappa shape index (κ2) is 6.73. The number of ether oxygens (including phenoxy) is 2. The van der Waals surface area contributed by atoms with E-state index in [9.17, 15) is 4.79 Å². The third-order valence-corrected chi connectivity index (χ3v) is 4.49. The van der Waals surface area contributed by atoms with Crippen molar-refractivity contribution in [2.75, 3.05) is 13.3 Å². The lowest BCUT2D eigenvalue weighted by molar-refractivity contribution is -0.125. The van der Waals surface area contributed by atoms with Gasteiger partial charge in [-0.15, -0.1) is 0 Å². The normalized spacial score (nSPS) is 13.0. The van der Waals surface area contributed by atoms with Crippen molar-refractivity contribution in [3.8, 4) is 11.5 Å². The molecule has 4 nitrogen and oxygen atoms in total. The first kappa shape index (κ1) is 16.7. The van der Waals surface area contributed by atoms with Gasteiger partial charge in [0.05, 0.1) is 5.41 Å². The van der Waals surface area contributed by atoms with Gasteiger partial charge in [-0.2, -0.15) is 0 Å². The number of hydrogen-bond donors (Lipinski definition) is 1. The molecule has 0 aliphatic carbocycles. The Morgan fingerprint density at radius 2 is 1.96 bits per heavy atom. The van der Waals surface area contributed by atoms with E-state index >= 15 is 0 Å². The van der Waals surface area contributed by atoms with E-state index in [4.69, 9.17) is 21.1 Å². The minimum atomic E-state index is -0.657. The standard InChI is InChI=1S/C19H20ClNO3/c1-19(2,14-6-7-16-17(11-14)24-12-23-16)18(22)21-9-8-13-4-3-5-15(20)10-13/h3-7,10-11H,8-9,12H2,1-2H3,(H,21,22). The lowest BCUT2D eigenvalue weighted by atomic mass is 9.83. The average molecular weight is 346 g/mol. The monoisotopic (exact) mass is 345 g/mol. The fraction of sp³-hybridized carbons (Fsp3) is 0.316. The van der Waals surface area contributed by atoms with E-state index in [-0.39, 0.29) is 12.7 Å². The third-order valence-electron chi connectivity index (χ3n) is 4.25. The summed E-state index contributed by atoms with van der Waals surface area (Å²) in [4.78, 5) is 12.6. The minimum absolute atomic E-state index is 0.0246. The molecule has 2 aromatic carbocycles. The van der Waals surface area contributed by atoms with Crippen LogP contribution in [0.3, 0.4) is 0 Å². The van der Waals surface area contributed by atoms with Gasteiger partial charge in [-0.05, 0) is 55.7 Å². The quantitative estimate of drug-likeness (QED) is 0.898. The number of hydrogen-bond acceptors (Lipinski definition) is 3. The van der Waals surface area contributed by atoms with Crippen molar-refractivity contribution >= 4 is 17.5 Å². The summed E-state index contributed by atoms with van der Waals surface area (Å²) < 4.78 is 10.7. The molecule has 0 aromatic heterocycles. The number of nitrogens with one attached hydrogen (secondary N) is 1. The predicted octanol–water partition coefficient (Wildman–Crippen LogP) is 3.71. The molecule has 0 unspecified atom stereocenters. The molecule has 1 heterocycles. The van der Waals surface area contributed by atoms with Crippen LogP contribution in [0.15, 0.2) is 42.5 Å². The van der Waals surface area contributed by atoms with Crippen LogP contribution >= 0.6 is 11.6 Å². The number of benzene rings is 2. The number of carbonyl (C=O) groups excluding carboxylic acids is 1. The van der Waals surface area contributed by atoms with Crippen molar-refractivity contribution in [3.63, 3.8) is 0 Å². The maximum absolute atomic E-state index is 12.6. The van der Waals surface area contributed by atoms with E-state index in [1.165, 1.54) is 0 Å². The van der Waals surface area contributed by atoms with Gasteiger partial charge in [0.2, 0.25) is 12.7 Å². The summed E-state index contributed by atoms with van der Waals surface area (Å²) in [6.45, 7) is 4.59. The smallest absolute Gasteiger partial charge is 0.231 e. The van der Waals surface area contributed by atoms with E-state index in [1.807, 2.05) is 56.3 Å². The number of amides is 1. The van der Waals surface area contributed by atoms with Gasteiger partial charge in [0.1, 0.15) is 0 Å². The Labute approximate surface area is 146 Å². The van der Waals surface area contributed by atoms with Crippen molar-refractivity contribution in [3.05, 3.63) is 58.6 Å². The molecule has 1 aliphatic rings. The van der Waals surface area contributed by atoms with Crippen LogP contribution in [-0.4, -0.2) is 19.2 Å². The molecule has 126 valence electrons. The lowest BCUT2D eigenvalue weighted by Crippen LogP contribution is -2.40. The first-order valence-corrected chi connectivity index (χ1v) is 8.27. The highest BCUT2D eigenvalue weighted by atomic mass is 35.5. The van der Waals surface area contributed by atoms with Crippen LogP contribution in [0.1, 0.15) is 25.0 Å². The highest BCUT2D eigenvalue weighted by molar-refractivity contribution is 6.30. The van der Waals surface area contributed by atoms with Gasteiger partial charge in [-0.25, -0.2) is 0 Å². The van der Waals surface area contributed by atoms with E-state index in [0.717, 1.165) is 23.3 Å². The largest absolute Gasteiger partial charge is 0.454 e. The summed E-state index contributed by atoms with van der Waals surface area (Å²) in [7, 11) is 0. The van der Waals surface area contributed by atoms with Crippen molar-refractivity contribution in [1.82, 2.24) is 5.32 Å². The zero-order valence-electron chi connectivity index (χ0n) is 13.8. The van der Waals surface area contributed by atoms with Gasteiger partial charge in [0.15, 0.2) is 11.5 Å². The first-order valence-electron chi connectivity index (χ1n) is 7.90. The number of fused-ring (bicyclic) bond motifs is 1. The molecule has 0 saturated heterocycles. The number of halogens is 1. The maximum Gasteiger partial charge on any atom is 0.231 e. The topological polar surface area (TPSA) is 47.6 Å². The Morgan fingerprint density at radius 1 is 1.17 bits per heavy atom. The molecule has 3 rings (SSSR count). The molecule has 1 amide bonds. The van der Waals surface area contributed by atoms with Gasteiger partial charge in [0.25, 0.3) is 0 Å². The summed E-state index contributed by atoms with van der Waals surface area (Å²) in [6, 6.07) is 13.3. The Bertz CT molecular complexity index is 758. The van der Waals surface area contributed by atoms with E-state index in [0.29, 0.717) is 17.3 Å². The van der Waals surface area contributed by atoms with Crippen LogP contribution < -0.4 is 14.8 Å². The Morgan fingerprint density at radius 3 is 2.75 bits per heavy atom. The zero-order chi connectivity index (χ0) is 17.2. The molecule has 0 radical (unpaired) electrons. The Balaban J connectivity index is 1.63. The molecule has 0 saturated carbocycles. The lowest BCUT2D eigenvalue weighted by Gasteiger charge is -2.24. The molecule has 0 atom stereocenters. The molecule has 1 aliphatic heterocycles. The predicted molar refractivity (Wildman–Crippen MR) is 93.8 cm³/mol. The van der Waals surface area contributed by atoms with Gasteiger partial charge in [0, 0.05) is 11.6 Å².